The van der Waals surface area contributed by atoms with Crippen molar-refractivity contribution >= 4 is 155 Å². The third kappa shape index (κ3) is 16.6. The molecule has 21 aromatic carbocycles. The fourth-order valence-corrected chi connectivity index (χ4v) is 26.1. The molecule has 12 heteroatoms. The van der Waals surface area contributed by atoms with Crippen molar-refractivity contribution in [3.63, 3.8) is 0 Å². The average Bonchev–Trinajstić information content (AvgIpc) is 1.54. The van der Waals surface area contributed by atoms with Crippen molar-refractivity contribution in [2.45, 2.75) is 122 Å². The minimum atomic E-state index is -0.446. The summed E-state index contributed by atoms with van der Waals surface area (Å²) in [5.74, 6) is 0. The zero-order valence-electron chi connectivity index (χ0n) is 82.1. The van der Waals surface area contributed by atoms with E-state index in [1.165, 1.54) is 181 Å². The summed E-state index contributed by atoms with van der Waals surface area (Å²) in [4.78, 5) is 22.3. The molecule has 143 heavy (non-hydrogen) atoms. The van der Waals surface area contributed by atoms with Crippen LogP contribution in [0.15, 0.2) is 421 Å². The lowest BCUT2D eigenvalue weighted by Gasteiger charge is -2.32. The van der Waals surface area contributed by atoms with Gasteiger partial charge in [-0.3, -0.25) is 20.2 Å². The highest BCUT2D eigenvalue weighted by Crippen LogP contribution is 2.59. The van der Waals surface area contributed by atoms with Crippen molar-refractivity contribution in [2.24, 2.45) is 0 Å². The summed E-state index contributed by atoms with van der Waals surface area (Å²) in [6, 6.07) is 146. The van der Waals surface area contributed by atoms with Crippen LogP contribution in [0.3, 0.4) is 0 Å². The summed E-state index contributed by atoms with van der Waals surface area (Å²) in [5.41, 5.74) is 29.9. The Kier molecular flexibility index (Phi) is 23.9. The molecule has 0 N–H and O–H groups in total. The summed E-state index contributed by atoms with van der Waals surface area (Å²) in [6.45, 7) is 27.0. The predicted octanol–water partition coefficient (Wildman–Crippen LogP) is 34.1. The van der Waals surface area contributed by atoms with Crippen LogP contribution in [0.1, 0.15) is 139 Å². The molecule has 21 aromatic rings. The minimum Gasteiger partial charge on any atom is -0.399 e. The van der Waals surface area contributed by atoms with E-state index >= 15 is 0 Å². The molecule has 698 valence electrons. The Balaban J connectivity index is 0.000000100. The van der Waals surface area contributed by atoms with Gasteiger partial charge in [0.25, 0.3) is 11.4 Å². The van der Waals surface area contributed by atoms with Crippen LogP contribution in [0.5, 0.6) is 0 Å². The molecule has 0 amide bonds. The first-order chi connectivity index (χ1) is 68.9. The fourth-order valence-electron chi connectivity index (χ4n) is 22.9. The second kappa shape index (κ2) is 36.5. The zero-order chi connectivity index (χ0) is 98.9. The monoisotopic (exact) mass is 2000 g/mol. The fraction of sp³-hybridized carbons (Fsp3) is 0.145. The van der Waals surface area contributed by atoms with Gasteiger partial charge in [0.15, 0.2) is 0 Å². The maximum atomic E-state index is 12.1. The maximum absolute atomic E-state index is 12.1. The Morgan fingerprint density at radius 2 is 0.573 bits per heavy atom. The van der Waals surface area contributed by atoms with Gasteiger partial charge in [0.1, 0.15) is 0 Å². The SMILES string of the molecule is CC1(C)c2cc(-c3ccc4ccccc4c3[N+](=O)[O-])ccc2-c2cc3ccccc3cc21.CC1(C)c2cc(B3OC(C)(C)C(C)(C)O3)ccc2-c2cc3ccccc3cc21.CC1(C)c2cc(Br)ccc2-c2cc3ccccc3cc21.CC1(C)c2cc3ccccc3cc2-c2ccc3c(c21)Cc1c-3ccc2ccccc12.O=[N+]([O-])c1c(Br)ccc2ccccc12.c1ccc(P(c2ccccc2)c2ccccc2)cc1. The average molecular weight is 2010 g/mol. The predicted molar refractivity (Wildman–Crippen MR) is 608 cm³/mol. The molecule has 0 spiro atoms. The summed E-state index contributed by atoms with van der Waals surface area (Å²) < 4.78 is 14.3. The largest absolute Gasteiger partial charge is 0.494 e. The van der Waals surface area contributed by atoms with Crippen molar-refractivity contribution in [1.82, 2.24) is 0 Å². The topological polar surface area (TPSA) is 105 Å². The lowest BCUT2D eigenvalue weighted by molar-refractivity contribution is -0.383. The number of rotatable bonds is 7. The van der Waals surface area contributed by atoms with Crippen molar-refractivity contribution in [2.75, 3.05) is 0 Å². The third-order valence-corrected chi connectivity index (χ3v) is 34.7. The summed E-state index contributed by atoms with van der Waals surface area (Å²) in [6.07, 6.45) is 1.03. The number of nitro groups is 2. The number of nitrogens with zero attached hydrogens (tertiary/aromatic N) is 2. The molecular weight excluding hydrogens is 1900 g/mol. The number of hydrogen-bond donors (Lipinski definition) is 0. The molecule has 1 heterocycles. The van der Waals surface area contributed by atoms with Gasteiger partial charge >= 0.3 is 7.12 Å². The molecule has 0 radical (unpaired) electrons. The molecule has 27 rings (SSSR count). The van der Waals surface area contributed by atoms with Gasteiger partial charge in [-0.1, -0.05) is 393 Å². The van der Waals surface area contributed by atoms with Crippen LogP contribution in [0.4, 0.5) is 11.4 Å². The zero-order valence-corrected chi connectivity index (χ0v) is 86.2. The van der Waals surface area contributed by atoms with Gasteiger partial charge in [-0.05, 0) is 352 Å². The lowest BCUT2D eigenvalue weighted by atomic mass is 9.74. The van der Waals surface area contributed by atoms with Crippen LogP contribution in [0.25, 0.3) is 142 Å². The van der Waals surface area contributed by atoms with Crippen molar-refractivity contribution in [1.29, 1.82) is 0 Å². The van der Waals surface area contributed by atoms with Gasteiger partial charge in [-0.15, -0.1) is 0 Å². The highest BCUT2D eigenvalue weighted by atomic mass is 79.9. The van der Waals surface area contributed by atoms with Gasteiger partial charge < -0.3 is 9.31 Å². The van der Waals surface area contributed by atoms with Crippen molar-refractivity contribution in [3.05, 3.63) is 497 Å². The molecule has 8 nitrogen and oxygen atoms in total. The molecule has 0 unspecified atom stereocenters. The molecule has 1 aliphatic heterocycles. The highest BCUT2D eigenvalue weighted by Gasteiger charge is 2.53. The number of fused-ring (bicyclic) bond motifs is 24. The van der Waals surface area contributed by atoms with Gasteiger partial charge in [-0.2, -0.15) is 0 Å². The van der Waals surface area contributed by atoms with Crippen LogP contribution < -0.4 is 21.4 Å². The smallest absolute Gasteiger partial charge is 0.399 e. The van der Waals surface area contributed by atoms with E-state index < -0.39 is 7.92 Å². The number of benzene rings is 21. The van der Waals surface area contributed by atoms with E-state index in [9.17, 15) is 20.2 Å². The Labute approximate surface area is 854 Å². The molecule has 0 aromatic heterocycles. The van der Waals surface area contributed by atoms with E-state index in [1.807, 2.05) is 60.7 Å². The van der Waals surface area contributed by atoms with Crippen LogP contribution >= 0.6 is 39.8 Å². The minimum absolute atomic E-state index is 0.0118. The highest BCUT2D eigenvalue weighted by molar-refractivity contribution is 9.10. The number of nitro benzene ring substituents is 2. The van der Waals surface area contributed by atoms with Crippen LogP contribution in [-0.2, 0) is 37.4 Å². The normalized spacial score (nSPS) is 14.9. The first-order valence-electron chi connectivity index (χ1n) is 49.1. The molecule has 0 atom stereocenters. The van der Waals surface area contributed by atoms with Crippen molar-refractivity contribution in [3.8, 4) is 66.8 Å². The molecule has 5 aliphatic carbocycles. The Morgan fingerprint density at radius 1 is 0.266 bits per heavy atom. The van der Waals surface area contributed by atoms with Crippen molar-refractivity contribution < 1.29 is 19.2 Å². The third-order valence-electron chi connectivity index (χ3n) is 31.1. The molecule has 6 aliphatic rings. The second-order valence-corrected chi connectivity index (χ2v) is 45.5. The Hall–Kier alpha value is -14.4. The quantitative estimate of drug-likeness (QED) is 0.0681. The lowest BCUT2D eigenvalue weighted by Crippen LogP contribution is -2.41. The summed E-state index contributed by atoms with van der Waals surface area (Å²) in [7, 11) is -0.771. The van der Waals surface area contributed by atoms with E-state index in [1.54, 1.807) is 18.2 Å². The standard InChI is InChI=1S/C30H22.C29H21NO2.C25H27BO2.C19H15Br.C18H15P.C10H6BrNO2/c1-30(2)28-16-20-9-4-3-8-19(20)15-26(28)24-14-13-23-22-12-11-18-7-5-6-10-21(18)25(22)17-27(23)29(24)30;1-29(2)26-17-21(23-13-11-18-7-5-6-10-22(18)28(23)30(31)32)12-14-24(26)25-15-19-8-3-4-9-20(19)16-27(25)29;1-23(2)21-14-17-10-8-7-9-16(17)13-20(21)19-12-11-18(15-22(19)23)26-27-24(3,4)25(5,6)28-26;1-19(2)17-10-13-6-4-3-5-12(13)9-16(17)15-8-7-14(20)11-18(15)19;1-4-10-16(11-5-1)19(17-12-6-2-7-13-17)18-14-8-3-9-15-18;11-9-6-5-7-3-1-2-4-8(7)10(9)12(13)14/h3-16H,17H2,1-2H3;3-17H,1-2H3;7-15H,1-6H3;3-11H,1-2H3;1-15H;1-6H. The van der Waals surface area contributed by atoms with Gasteiger partial charge in [0, 0.05) is 26.1 Å². The van der Waals surface area contributed by atoms with Gasteiger partial charge in [0.2, 0.25) is 0 Å². The van der Waals surface area contributed by atoms with Crippen LogP contribution in [0, 0.1) is 20.2 Å². The molecule has 0 bridgehead atoms. The Bertz CT molecular complexity index is 8640. The molecule has 1 fully saturated rings. The first-order valence-corrected chi connectivity index (χ1v) is 52.0. The maximum Gasteiger partial charge on any atom is 0.494 e. The Morgan fingerprint density at radius 3 is 1.01 bits per heavy atom. The molecule has 1 saturated heterocycles. The second-order valence-electron chi connectivity index (χ2n) is 41.5. The van der Waals surface area contributed by atoms with E-state index in [0.29, 0.717) is 20.8 Å². The molecular formula is C131H106BBr2N2O6P. The van der Waals surface area contributed by atoms with E-state index in [-0.39, 0.29) is 61.2 Å². The molecule has 0 saturated carbocycles. The van der Waals surface area contributed by atoms with Gasteiger partial charge in [0.05, 0.1) is 41.9 Å². The van der Waals surface area contributed by atoms with E-state index in [4.69, 9.17) is 9.31 Å². The van der Waals surface area contributed by atoms with E-state index in [0.717, 1.165) is 32.7 Å². The van der Waals surface area contributed by atoms with Gasteiger partial charge in [-0.25, -0.2) is 0 Å². The summed E-state index contributed by atoms with van der Waals surface area (Å²) >= 11 is 6.78. The first kappa shape index (κ1) is 93.6. The number of halogens is 2. The summed E-state index contributed by atoms with van der Waals surface area (Å²) in [5, 5.41) is 43.3. The van der Waals surface area contributed by atoms with Crippen LogP contribution in [0.2, 0.25) is 0 Å². The van der Waals surface area contributed by atoms with Crippen LogP contribution in [-0.4, -0.2) is 28.2 Å². The number of hydrogen-bond acceptors (Lipinski definition) is 6. The van der Waals surface area contributed by atoms with E-state index in [2.05, 4.69) is 449 Å².